The summed E-state index contributed by atoms with van der Waals surface area (Å²) >= 11 is 0. The highest BCUT2D eigenvalue weighted by Crippen LogP contribution is 2.21. The van der Waals surface area contributed by atoms with Crippen LogP contribution in [0.15, 0.2) is 24.7 Å². The minimum absolute atomic E-state index is 0.0596. The maximum Gasteiger partial charge on any atom is 0.356 e. The summed E-state index contributed by atoms with van der Waals surface area (Å²) in [6.45, 7) is 6.06. The van der Waals surface area contributed by atoms with Gasteiger partial charge in [0.05, 0.1) is 5.69 Å². The van der Waals surface area contributed by atoms with Gasteiger partial charge in [0, 0.05) is 6.20 Å². The van der Waals surface area contributed by atoms with Crippen LogP contribution in [0.25, 0.3) is 5.69 Å². The Kier molecular flexibility index (Phi) is 2.71. The standard InChI is InChI=1S/C13H14N2O2/c1-8-4-9(2)12(10(3)5-8)15-6-11(13(16)17)14-7-15/h4-7H,1-3H3,(H,16,17). The van der Waals surface area contributed by atoms with Crippen molar-refractivity contribution in [2.75, 3.05) is 0 Å². The molecule has 0 aliphatic heterocycles. The zero-order valence-corrected chi connectivity index (χ0v) is 10.1. The molecule has 17 heavy (non-hydrogen) atoms. The average Bonchev–Trinajstić information content (AvgIpc) is 2.65. The molecule has 0 fully saturated rings. The van der Waals surface area contributed by atoms with Gasteiger partial charge < -0.3 is 9.67 Å². The van der Waals surface area contributed by atoms with Crippen LogP contribution in [0.2, 0.25) is 0 Å². The number of imidazole rings is 1. The van der Waals surface area contributed by atoms with Gasteiger partial charge >= 0.3 is 5.97 Å². The van der Waals surface area contributed by atoms with Crippen molar-refractivity contribution in [1.29, 1.82) is 0 Å². The van der Waals surface area contributed by atoms with E-state index in [1.165, 1.54) is 18.1 Å². The first-order chi connectivity index (χ1) is 7.99. The molecule has 0 spiro atoms. The van der Waals surface area contributed by atoms with Crippen LogP contribution in [0.3, 0.4) is 0 Å². The summed E-state index contributed by atoms with van der Waals surface area (Å²) in [4.78, 5) is 14.7. The molecular weight excluding hydrogens is 216 g/mol. The molecule has 0 aliphatic rings. The first kappa shape index (κ1) is 11.4. The van der Waals surface area contributed by atoms with Crippen LogP contribution in [0, 0.1) is 20.8 Å². The maximum absolute atomic E-state index is 10.8. The van der Waals surface area contributed by atoms with E-state index >= 15 is 0 Å². The van der Waals surface area contributed by atoms with Gasteiger partial charge in [-0.3, -0.25) is 0 Å². The van der Waals surface area contributed by atoms with Crippen molar-refractivity contribution >= 4 is 5.97 Å². The predicted molar refractivity (Wildman–Crippen MR) is 64.7 cm³/mol. The highest BCUT2D eigenvalue weighted by Gasteiger charge is 2.10. The van der Waals surface area contributed by atoms with Crippen LogP contribution >= 0.6 is 0 Å². The van der Waals surface area contributed by atoms with Gasteiger partial charge in [0.1, 0.15) is 6.33 Å². The van der Waals surface area contributed by atoms with Crippen molar-refractivity contribution in [1.82, 2.24) is 9.55 Å². The molecule has 0 saturated heterocycles. The summed E-state index contributed by atoms with van der Waals surface area (Å²) in [5.41, 5.74) is 4.47. The maximum atomic E-state index is 10.8. The summed E-state index contributed by atoms with van der Waals surface area (Å²) in [5.74, 6) is -1.01. The van der Waals surface area contributed by atoms with Crippen LogP contribution < -0.4 is 0 Å². The van der Waals surface area contributed by atoms with Gasteiger partial charge in [-0.05, 0) is 31.9 Å². The molecule has 88 valence electrons. The van der Waals surface area contributed by atoms with Crippen molar-refractivity contribution in [3.8, 4) is 5.69 Å². The van der Waals surface area contributed by atoms with E-state index in [4.69, 9.17) is 5.11 Å². The lowest BCUT2D eigenvalue weighted by molar-refractivity contribution is 0.0691. The normalized spacial score (nSPS) is 10.5. The highest BCUT2D eigenvalue weighted by molar-refractivity contribution is 5.85. The van der Waals surface area contributed by atoms with Crippen LogP contribution in [0.4, 0.5) is 0 Å². The number of benzene rings is 1. The van der Waals surface area contributed by atoms with E-state index in [0.717, 1.165) is 16.8 Å². The SMILES string of the molecule is Cc1cc(C)c(-n2cnc(C(=O)O)c2)c(C)c1. The first-order valence-corrected chi connectivity index (χ1v) is 5.34. The van der Waals surface area contributed by atoms with E-state index in [1.54, 1.807) is 4.57 Å². The minimum Gasteiger partial charge on any atom is -0.476 e. The van der Waals surface area contributed by atoms with E-state index in [1.807, 2.05) is 20.8 Å². The molecular formula is C13H14N2O2. The fraction of sp³-hybridized carbons (Fsp3) is 0.231. The zero-order chi connectivity index (χ0) is 12.6. The van der Waals surface area contributed by atoms with Crippen LogP contribution in [0.1, 0.15) is 27.2 Å². The van der Waals surface area contributed by atoms with Gasteiger partial charge in [-0.2, -0.15) is 0 Å². The molecule has 2 rings (SSSR count). The van der Waals surface area contributed by atoms with Crippen molar-refractivity contribution in [3.05, 3.63) is 47.0 Å². The molecule has 1 heterocycles. The molecule has 0 amide bonds. The highest BCUT2D eigenvalue weighted by atomic mass is 16.4. The van der Waals surface area contributed by atoms with E-state index in [9.17, 15) is 4.79 Å². The topological polar surface area (TPSA) is 55.1 Å². The number of hydrogen-bond acceptors (Lipinski definition) is 2. The number of aromatic nitrogens is 2. The number of aromatic carboxylic acids is 1. The Morgan fingerprint density at radius 1 is 1.24 bits per heavy atom. The Bertz CT molecular complexity index is 562. The molecule has 2 aromatic rings. The average molecular weight is 230 g/mol. The Morgan fingerprint density at radius 2 is 1.82 bits per heavy atom. The Labute approximate surface area is 99.5 Å². The Hall–Kier alpha value is -2.10. The molecule has 0 radical (unpaired) electrons. The number of rotatable bonds is 2. The minimum atomic E-state index is -1.01. The molecule has 4 nitrogen and oxygen atoms in total. The van der Waals surface area contributed by atoms with Gasteiger partial charge in [0.15, 0.2) is 5.69 Å². The van der Waals surface area contributed by atoms with Crippen LogP contribution in [-0.4, -0.2) is 20.6 Å². The van der Waals surface area contributed by atoms with Crippen LogP contribution in [-0.2, 0) is 0 Å². The largest absolute Gasteiger partial charge is 0.476 e. The lowest BCUT2D eigenvalue weighted by Crippen LogP contribution is -1.99. The van der Waals surface area contributed by atoms with Gasteiger partial charge in [-0.15, -0.1) is 0 Å². The monoisotopic (exact) mass is 230 g/mol. The van der Waals surface area contributed by atoms with Crippen molar-refractivity contribution < 1.29 is 9.90 Å². The summed E-state index contributed by atoms with van der Waals surface area (Å²) in [6, 6.07) is 4.14. The predicted octanol–water partition coefficient (Wildman–Crippen LogP) is 2.50. The van der Waals surface area contributed by atoms with Gasteiger partial charge in [0.25, 0.3) is 0 Å². The number of aryl methyl sites for hydroxylation is 3. The number of carboxylic acids is 1. The molecule has 0 saturated carbocycles. The molecule has 1 aromatic carbocycles. The smallest absolute Gasteiger partial charge is 0.356 e. The lowest BCUT2D eigenvalue weighted by Gasteiger charge is -2.11. The lowest BCUT2D eigenvalue weighted by atomic mass is 10.1. The molecule has 0 aliphatic carbocycles. The fourth-order valence-corrected chi connectivity index (χ4v) is 2.14. The first-order valence-electron chi connectivity index (χ1n) is 5.34. The van der Waals surface area contributed by atoms with E-state index in [0.29, 0.717) is 0 Å². The summed E-state index contributed by atoms with van der Waals surface area (Å²) in [6.07, 6.45) is 3.07. The second kappa shape index (κ2) is 4.05. The zero-order valence-electron chi connectivity index (χ0n) is 10.1. The summed E-state index contributed by atoms with van der Waals surface area (Å²) < 4.78 is 1.76. The van der Waals surface area contributed by atoms with Crippen molar-refractivity contribution in [2.45, 2.75) is 20.8 Å². The number of hydrogen-bond donors (Lipinski definition) is 1. The number of carboxylic acid groups (broad SMARTS) is 1. The molecule has 1 N–H and O–H groups in total. The fourth-order valence-electron chi connectivity index (χ4n) is 2.14. The molecule has 0 unspecified atom stereocenters. The van der Waals surface area contributed by atoms with Gasteiger partial charge in [-0.1, -0.05) is 17.7 Å². The third-order valence-corrected chi connectivity index (χ3v) is 2.70. The van der Waals surface area contributed by atoms with Gasteiger partial charge in [0.2, 0.25) is 0 Å². The summed E-state index contributed by atoms with van der Waals surface area (Å²) in [7, 11) is 0. The second-order valence-electron chi connectivity index (χ2n) is 4.22. The van der Waals surface area contributed by atoms with Crippen LogP contribution in [0.5, 0.6) is 0 Å². The van der Waals surface area contributed by atoms with E-state index < -0.39 is 5.97 Å². The molecule has 4 heteroatoms. The molecule has 0 bridgehead atoms. The quantitative estimate of drug-likeness (QED) is 0.862. The van der Waals surface area contributed by atoms with Gasteiger partial charge in [-0.25, -0.2) is 9.78 Å². The Balaban J connectivity index is 2.56. The third-order valence-electron chi connectivity index (χ3n) is 2.70. The second-order valence-corrected chi connectivity index (χ2v) is 4.22. The van der Waals surface area contributed by atoms with E-state index in [-0.39, 0.29) is 5.69 Å². The number of nitrogens with zero attached hydrogens (tertiary/aromatic N) is 2. The van der Waals surface area contributed by atoms with E-state index in [2.05, 4.69) is 17.1 Å². The van der Waals surface area contributed by atoms with Crippen molar-refractivity contribution in [3.63, 3.8) is 0 Å². The summed E-state index contributed by atoms with van der Waals surface area (Å²) in [5, 5.41) is 8.85. The van der Waals surface area contributed by atoms with Crippen molar-refractivity contribution in [2.24, 2.45) is 0 Å². The third kappa shape index (κ3) is 2.06. The number of carbonyl (C=O) groups is 1. The Morgan fingerprint density at radius 3 is 2.29 bits per heavy atom. The molecule has 1 aromatic heterocycles. The molecule has 0 atom stereocenters.